The molecule has 1 amide bonds. The molecule has 3 aromatic heterocycles. The molecular weight excluding hydrogens is 472 g/mol. The normalized spacial score (nSPS) is 14.4. The summed E-state index contributed by atoms with van der Waals surface area (Å²) in [6, 6.07) is 9.16. The average Bonchev–Trinajstić information content (AvgIpc) is 3.68. The standard InChI is InChI=1S/C26H28N8O3/c1-32(18-6-3-4-7-18)23(35)16-33-15-21(24(31-33)19-12-17(13-27)8-9-22(19)37-2)30-26(36)20-14-29-34-11-5-10-28-25(20)34/h5,8-12,14-15,18,26,30,36H,3-4,6-7,16H2,1-2H3. The van der Waals surface area contributed by atoms with Crippen molar-refractivity contribution in [3.05, 3.63) is 60.2 Å². The van der Waals surface area contributed by atoms with Crippen LogP contribution >= 0.6 is 0 Å². The van der Waals surface area contributed by atoms with Crippen LogP contribution < -0.4 is 10.1 Å². The second kappa shape index (κ2) is 10.3. The summed E-state index contributed by atoms with van der Waals surface area (Å²) < 4.78 is 8.66. The summed E-state index contributed by atoms with van der Waals surface area (Å²) in [5.74, 6) is 0.464. The molecule has 190 valence electrons. The number of aromatic nitrogens is 5. The minimum atomic E-state index is -1.16. The predicted octanol–water partition coefficient (Wildman–Crippen LogP) is 2.98. The Kier molecular flexibility index (Phi) is 6.74. The smallest absolute Gasteiger partial charge is 0.244 e. The van der Waals surface area contributed by atoms with Gasteiger partial charge in [0.05, 0.1) is 36.2 Å². The van der Waals surface area contributed by atoms with Crippen molar-refractivity contribution in [3.8, 4) is 23.1 Å². The maximum atomic E-state index is 13.0. The minimum Gasteiger partial charge on any atom is -0.496 e. The molecule has 1 aromatic carbocycles. The average molecular weight is 501 g/mol. The molecule has 1 aliphatic carbocycles. The van der Waals surface area contributed by atoms with Gasteiger partial charge in [0.15, 0.2) is 11.9 Å². The molecule has 0 aliphatic heterocycles. The molecule has 1 aliphatic rings. The third-order valence-electron chi connectivity index (χ3n) is 6.80. The van der Waals surface area contributed by atoms with Gasteiger partial charge in [-0.15, -0.1) is 0 Å². The van der Waals surface area contributed by atoms with E-state index in [2.05, 4.69) is 26.6 Å². The molecule has 1 fully saturated rings. The first-order valence-electron chi connectivity index (χ1n) is 12.1. The van der Waals surface area contributed by atoms with Gasteiger partial charge in [-0.2, -0.15) is 15.5 Å². The topological polar surface area (TPSA) is 134 Å². The summed E-state index contributed by atoms with van der Waals surface area (Å²) in [5, 5.41) is 32.6. The summed E-state index contributed by atoms with van der Waals surface area (Å²) in [5.41, 5.74) is 2.88. The van der Waals surface area contributed by atoms with E-state index in [4.69, 9.17) is 4.74 Å². The number of hydrogen-bond donors (Lipinski definition) is 2. The quantitative estimate of drug-likeness (QED) is 0.353. The number of ether oxygens (including phenoxy) is 1. The number of methoxy groups -OCH3 is 1. The van der Waals surface area contributed by atoms with Crippen molar-refractivity contribution in [1.29, 1.82) is 5.26 Å². The first-order chi connectivity index (χ1) is 18.0. The summed E-state index contributed by atoms with van der Waals surface area (Å²) in [6.07, 6.45) is 9.72. The van der Waals surface area contributed by atoms with E-state index in [9.17, 15) is 15.2 Å². The maximum absolute atomic E-state index is 13.0. The second-order valence-electron chi connectivity index (χ2n) is 9.09. The molecule has 3 heterocycles. The van der Waals surface area contributed by atoms with Gasteiger partial charge >= 0.3 is 0 Å². The van der Waals surface area contributed by atoms with Crippen molar-refractivity contribution in [2.24, 2.45) is 0 Å². The molecule has 2 N–H and O–H groups in total. The van der Waals surface area contributed by atoms with Crippen LogP contribution in [0.4, 0.5) is 5.69 Å². The molecule has 1 saturated carbocycles. The SMILES string of the molecule is COc1ccc(C#N)cc1-c1nn(CC(=O)N(C)C2CCCC2)cc1NC(O)c1cnn2cccnc12. The number of carbonyl (C=O) groups excluding carboxylic acids is 1. The number of benzene rings is 1. The number of fused-ring (bicyclic) bond motifs is 1. The number of nitrogens with zero attached hydrogens (tertiary/aromatic N) is 7. The van der Waals surface area contributed by atoms with E-state index in [1.165, 1.54) is 7.11 Å². The minimum absolute atomic E-state index is 0.0380. The Labute approximate surface area is 213 Å². The number of nitriles is 1. The molecule has 0 saturated heterocycles. The van der Waals surface area contributed by atoms with E-state index in [-0.39, 0.29) is 18.5 Å². The van der Waals surface area contributed by atoms with Crippen molar-refractivity contribution in [2.45, 2.75) is 44.5 Å². The Balaban J connectivity index is 1.50. The third kappa shape index (κ3) is 4.83. The Morgan fingerprint density at radius 3 is 2.95 bits per heavy atom. The summed E-state index contributed by atoms with van der Waals surface area (Å²) in [6.45, 7) is 0.0380. The van der Waals surface area contributed by atoms with Gasteiger partial charge in [-0.05, 0) is 37.1 Å². The summed E-state index contributed by atoms with van der Waals surface area (Å²) in [4.78, 5) is 19.2. The number of amides is 1. The highest BCUT2D eigenvalue weighted by Gasteiger charge is 2.25. The van der Waals surface area contributed by atoms with Crippen molar-refractivity contribution < 1.29 is 14.6 Å². The number of aliphatic hydroxyl groups excluding tert-OH is 1. The second-order valence-corrected chi connectivity index (χ2v) is 9.09. The van der Waals surface area contributed by atoms with Gasteiger partial charge in [0.25, 0.3) is 0 Å². The predicted molar refractivity (Wildman–Crippen MR) is 136 cm³/mol. The number of nitrogens with one attached hydrogen (secondary N) is 1. The highest BCUT2D eigenvalue weighted by atomic mass is 16.5. The van der Waals surface area contributed by atoms with Crippen molar-refractivity contribution in [2.75, 3.05) is 19.5 Å². The highest BCUT2D eigenvalue weighted by Crippen LogP contribution is 2.36. The monoisotopic (exact) mass is 500 g/mol. The van der Waals surface area contributed by atoms with Gasteiger partial charge in [0, 0.05) is 37.2 Å². The number of anilines is 1. The fourth-order valence-corrected chi connectivity index (χ4v) is 4.78. The molecule has 1 unspecified atom stereocenters. The lowest BCUT2D eigenvalue weighted by Crippen LogP contribution is -2.37. The van der Waals surface area contributed by atoms with E-state index >= 15 is 0 Å². The zero-order valence-corrected chi connectivity index (χ0v) is 20.7. The molecule has 11 heteroatoms. The van der Waals surface area contributed by atoms with Crippen LogP contribution in [0.5, 0.6) is 5.75 Å². The number of carbonyl (C=O) groups is 1. The Morgan fingerprint density at radius 1 is 1.38 bits per heavy atom. The molecule has 4 aromatic rings. The van der Waals surface area contributed by atoms with Crippen LogP contribution in [-0.4, -0.2) is 60.5 Å². The molecular formula is C26H28N8O3. The molecule has 5 rings (SSSR count). The van der Waals surface area contributed by atoms with Gasteiger partial charge in [-0.1, -0.05) is 12.8 Å². The van der Waals surface area contributed by atoms with Gasteiger partial charge in [0.1, 0.15) is 18.0 Å². The number of likely N-dealkylation sites (N-methyl/N-ethyl adjacent to an activating group) is 1. The van der Waals surface area contributed by atoms with Crippen LogP contribution in [0.2, 0.25) is 0 Å². The third-order valence-corrected chi connectivity index (χ3v) is 6.80. The summed E-state index contributed by atoms with van der Waals surface area (Å²) in [7, 11) is 3.37. The lowest BCUT2D eigenvalue weighted by Gasteiger charge is -2.24. The van der Waals surface area contributed by atoms with Crippen LogP contribution in [-0.2, 0) is 11.3 Å². The van der Waals surface area contributed by atoms with E-state index in [0.717, 1.165) is 25.7 Å². The first kappa shape index (κ1) is 24.3. The van der Waals surface area contributed by atoms with Crippen LogP contribution in [0.3, 0.4) is 0 Å². The van der Waals surface area contributed by atoms with Crippen LogP contribution in [0.15, 0.2) is 49.1 Å². The van der Waals surface area contributed by atoms with Crippen LogP contribution in [0, 0.1) is 11.3 Å². The van der Waals surface area contributed by atoms with E-state index < -0.39 is 6.23 Å². The van der Waals surface area contributed by atoms with Crippen molar-refractivity contribution >= 4 is 17.2 Å². The number of rotatable bonds is 8. The van der Waals surface area contributed by atoms with Crippen LogP contribution in [0.25, 0.3) is 16.9 Å². The zero-order valence-electron chi connectivity index (χ0n) is 20.7. The van der Waals surface area contributed by atoms with Crippen molar-refractivity contribution in [3.63, 3.8) is 0 Å². The Morgan fingerprint density at radius 2 is 2.19 bits per heavy atom. The van der Waals surface area contributed by atoms with Gasteiger partial charge < -0.3 is 20.1 Å². The van der Waals surface area contributed by atoms with Gasteiger partial charge in [-0.3, -0.25) is 9.48 Å². The largest absolute Gasteiger partial charge is 0.496 e. The molecule has 1 atom stereocenters. The first-order valence-corrected chi connectivity index (χ1v) is 12.1. The fourth-order valence-electron chi connectivity index (χ4n) is 4.78. The lowest BCUT2D eigenvalue weighted by atomic mass is 10.1. The van der Waals surface area contributed by atoms with Crippen LogP contribution in [0.1, 0.15) is 43.0 Å². The number of hydrogen-bond acceptors (Lipinski definition) is 8. The fraction of sp³-hybridized carbons (Fsp3) is 0.346. The Hall–Kier alpha value is -4.43. The van der Waals surface area contributed by atoms with E-state index in [0.29, 0.717) is 39.5 Å². The molecule has 37 heavy (non-hydrogen) atoms. The summed E-state index contributed by atoms with van der Waals surface area (Å²) >= 11 is 0. The maximum Gasteiger partial charge on any atom is 0.244 e. The van der Waals surface area contributed by atoms with E-state index in [1.807, 2.05) is 7.05 Å². The van der Waals surface area contributed by atoms with Crippen molar-refractivity contribution in [1.82, 2.24) is 29.3 Å². The molecule has 0 spiro atoms. The lowest BCUT2D eigenvalue weighted by molar-refractivity contribution is -0.132. The van der Waals surface area contributed by atoms with E-state index in [1.54, 1.807) is 63.1 Å². The molecule has 11 nitrogen and oxygen atoms in total. The zero-order chi connectivity index (χ0) is 25.9. The number of aliphatic hydroxyl groups is 1. The Bertz CT molecular complexity index is 1460. The van der Waals surface area contributed by atoms with Gasteiger partial charge in [0.2, 0.25) is 5.91 Å². The van der Waals surface area contributed by atoms with Gasteiger partial charge in [-0.25, -0.2) is 9.50 Å². The molecule has 0 radical (unpaired) electrons. The molecule has 0 bridgehead atoms. The highest BCUT2D eigenvalue weighted by molar-refractivity contribution is 5.81.